The highest BCUT2D eigenvalue weighted by Crippen LogP contribution is 2.38. The van der Waals surface area contributed by atoms with Crippen LogP contribution in [-0.2, 0) is 6.42 Å². The summed E-state index contributed by atoms with van der Waals surface area (Å²) in [5.41, 5.74) is -0.196. The first-order valence-corrected chi connectivity index (χ1v) is 4.97. The van der Waals surface area contributed by atoms with E-state index < -0.39 is 23.2 Å². The molecule has 0 aromatic heterocycles. The molecule has 0 aliphatic rings. The van der Waals surface area contributed by atoms with Crippen LogP contribution >= 0.6 is 0 Å². The molecule has 0 atom stereocenters. The summed E-state index contributed by atoms with van der Waals surface area (Å²) in [4.78, 5) is 10.9. The van der Waals surface area contributed by atoms with Crippen LogP contribution in [0.2, 0.25) is 0 Å². The molecule has 0 aliphatic carbocycles. The Morgan fingerprint density at radius 1 is 1.44 bits per heavy atom. The zero-order valence-electron chi connectivity index (χ0n) is 8.86. The summed E-state index contributed by atoms with van der Waals surface area (Å²) in [6.45, 7) is 1.91. The minimum absolute atomic E-state index is 0.0460. The molecule has 0 aliphatic heterocycles. The minimum Gasteiger partial charge on any atom is -0.870 e. The van der Waals surface area contributed by atoms with Crippen LogP contribution in [0.25, 0.3) is 0 Å². The summed E-state index contributed by atoms with van der Waals surface area (Å²) < 4.78 is 0. The SMILES string of the molecule is CCCCc1c(C(=O)O)cc(O)c(O)c1[O-]. The quantitative estimate of drug-likeness (QED) is 0.668. The summed E-state index contributed by atoms with van der Waals surface area (Å²) in [5, 5.41) is 38.8. The summed E-state index contributed by atoms with van der Waals surface area (Å²) in [6, 6.07) is 0.907. The van der Waals surface area contributed by atoms with Gasteiger partial charge in [0.2, 0.25) is 0 Å². The fraction of sp³-hybridized carbons (Fsp3) is 0.364. The molecule has 0 heterocycles. The van der Waals surface area contributed by atoms with Crippen LogP contribution in [0, 0.1) is 0 Å². The van der Waals surface area contributed by atoms with Gasteiger partial charge >= 0.3 is 5.97 Å². The van der Waals surface area contributed by atoms with E-state index in [1.807, 2.05) is 6.92 Å². The van der Waals surface area contributed by atoms with Crippen LogP contribution in [0.15, 0.2) is 6.07 Å². The lowest BCUT2D eigenvalue weighted by Crippen LogP contribution is -2.07. The lowest BCUT2D eigenvalue weighted by Gasteiger charge is -2.18. The van der Waals surface area contributed by atoms with Crippen molar-refractivity contribution in [3.05, 3.63) is 17.2 Å². The zero-order chi connectivity index (χ0) is 12.3. The van der Waals surface area contributed by atoms with Crippen molar-refractivity contribution in [2.45, 2.75) is 26.2 Å². The number of aromatic hydroxyl groups is 2. The number of carboxylic acid groups (broad SMARTS) is 1. The van der Waals surface area contributed by atoms with E-state index in [0.29, 0.717) is 6.42 Å². The van der Waals surface area contributed by atoms with E-state index in [0.717, 1.165) is 12.5 Å². The molecule has 3 N–H and O–H groups in total. The van der Waals surface area contributed by atoms with Crippen LogP contribution in [0.1, 0.15) is 35.7 Å². The highest BCUT2D eigenvalue weighted by atomic mass is 16.4. The largest absolute Gasteiger partial charge is 0.870 e. The van der Waals surface area contributed by atoms with Gasteiger partial charge in [-0.15, -0.1) is 0 Å². The molecule has 0 fully saturated rings. The zero-order valence-corrected chi connectivity index (χ0v) is 8.86. The van der Waals surface area contributed by atoms with Crippen molar-refractivity contribution < 1.29 is 25.2 Å². The van der Waals surface area contributed by atoms with Crippen molar-refractivity contribution >= 4 is 5.97 Å². The fourth-order valence-electron chi connectivity index (χ4n) is 1.47. The molecule has 1 rings (SSSR count). The van der Waals surface area contributed by atoms with Gasteiger partial charge in [0.1, 0.15) is 5.75 Å². The van der Waals surface area contributed by atoms with Gasteiger partial charge in [0, 0.05) is 0 Å². The highest BCUT2D eigenvalue weighted by molar-refractivity contribution is 5.91. The van der Waals surface area contributed by atoms with E-state index in [-0.39, 0.29) is 17.5 Å². The normalized spacial score (nSPS) is 10.3. The third kappa shape index (κ3) is 2.18. The molecule has 0 spiro atoms. The van der Waals surface area contributed by atoms with Gasteiger partial charge in [-0.25, -0.2) is 4.79 Å². The molecule has 0 unspecified atom stereocenters. The maximum atomic E-state index is 11.5. The van der Waals surface area contributed by atoms with Crippen molar-refractivity contribution in [3.8, 4) is 17.2 Å². The van der Waals surface area contributed by atoms with E-state index in [1.165, 1.54) is 0 Å². The Labute approximate surface area is 92.6 Å². The van der Waals surface area contributed by atoms with Crippen LogP contribution in [0.4, 0.5) is 0 Å². The molecular formula is C11H13O5-. The van der Waals surface area contributed by atoms with Crippen molar-refractivity contribution in [2.24, 2.45) is 0 Å². The van der Waals surface area contributed by atoms with Gasteiger partial charge in [-0.2, -0.15) is 0 Å². The number of carbonyl (C=O) groups is 1. The first-order chi connectivity index (χ1) is 7.49. The van der Waals surface area contributed by atoms with E-state index in [4.69, 9.17) is 10.2 Å². The molecule has 0 saturated heterocycles. The van der Waals surface area contributed by atoms with Gasteiger partial charge in [0.25, 0.3) is 0 Å². The predicted molar refractivity (Wildman–Crippen MR) is 54.8 cm³/mol. The molecular weight excluding hydrogens is 212 g/mol. The number of benzene rings is 1. The second-order valence-corrected chi connectivity index (χ2v) is 3.51. The van der Waals surface area contributed by atoms with Gasteiger partial charge in [-0.1, -0.05) is 19.1 Å². The van der Waals surface area contributed by atoms with Gasteiger partial charge < -0.3 is 20.4 Å². The maximum absolute atomic E-state index is 11.5. The van der Waals surface area contributed by atoms with Crippen LogP contribution < -0.4 is 5.11 Å². The number of aromatic carboxylic acids is 1. The van der Waals surface area contributed by atoms with Crippen molar-refractivity contribution in [1.82, 2.24) is 0 Å². The number of hydrogen-bond donors (Lipinski definition) is 3. The first-order valence-electron chi connectivity index (χ1n) is 4.97. The number of phenolic OH excluding ortho intramolecular Hbond substituents is 2. The Morgan fingerprint density at radius 3 is 2.56 bits per heavy atom. The fourth-order valence-corrected chi connectivity index (χ4v) is 1.47. The molecule has 5 nitrogen and oxygen atoms in total. The monoisotopic (exact) mass is 225 g/mol. The van der Waals surface area contributed by atoms with Gasteiger partial charge in [-0.05, 0) is 24.5 Å². The molecule has 0 amide bonds. The Morgan fingerprint density at radius 2 is 2.06 bits per heavy atom. The second kappa shape index (κ2) is 4.74. The first kappa shape index (κ1) is 12.2. The lowest BCUT2D eigenvalue weighted by atomic mass is 9.99. The predicted octanol–water partition coefficient (Wildman–Crippen LogP) is 1.21. The molecule has 0 radical (unpaired) electrons. The van der Waals surface area contributed by atoms with Crippen molar-refractivity contribution in [1.29, 1.82) is 0 Å². The number of hydrogen-bond acceptors (Lipinski definition) is 4. The molecule has 0 saturated carbocycles. The Kier molecular flexibility index (Phi) is 3.60. The Balaban J connectivity index is 3.30. The molecule has 16 heavy (non-hydrogen) atoms. The topological polar surface area (TPSA) is 101 Å². The molecule has 5 heteroatoms. The van der Waals surface area contributed by atoms with Crippen molar-refractivity contribution in [3.63, 3.8) is 0 Å². The molecule has 88 valence electrons. The summed E-state index contributed by atoms with van der Waals surface area (Å²) >= 11 is 0. The second-order valence-electron chi connectivity index (χ2n) is 3.51. The Hall–Kier alpha value is -1.91. The van der Waals surface area contributed by atoms with Gasteiger partial charge in [0.15, 0.2) is 5.75 Å². The third-order valence-corrected chi connectivity index (χ3v) is 2.35. The molecule has 0 bridgehead atoms. The number of rotatable bonds is 4. The maximum Gasteiger partial charge on any atom is 0.336 e. The van der Waals surface area contributed by atoms with Crippen molar-refractivity contribution in [2.75, 3.05) is 0 Å². The molecule has 1 aromatic rings. The average Bonchev–Trinajstić information content (AvgIpc) is 2.24. The average molecular weight is 225 g/mol. The summed E-state index contributed by atoms with van der Waals surface area (Å²) in [6.07, 6.45) is 1.74. The van der Waals surface area contributed by atoms with E-state index in [9.17, 15) is 15.0 Å². The van der Waals surface area contributed by atoms with Gasteiger partial charge in [0.05, 0.1) is 5.56 Å². The van der Waals surface area contributed by atoms with Crippen LogP contribution in [0.3, 0.4) is 0 Å². The standard InChI is InChI=1S/C11H14O5/c1-2-3-4-6-7(11(15)16)5-8(12)10(14)9(6)13/h5,12-14H,2-4H2,1H3,(H,15,16)/p-1. The third-order valence-electron chi connectivity index (χ3n) is 2.35. The number of unbranched alkanes of at least 4 members (excludes halogenated alkanes) is 1. The van der Waals surface area contributed by atoms with Crippen LogP contribution in [0.5, 0.6) is 17.2 Å². The molecule has 1 aromatic carbocycles. The summed E-state index contributed by atoms with van der Waals surface area (Å²) in [5.74, 6) is -3.55. The number of phenols is 2. The highest BCUT2D eigenvalue weighted by Gasteiger charge is 2.15. The van der Waals surface area contributed by atoms with E-state index in [1.54, 1.807) is 0 Å². The van der Waals surface area contributed by atoms with Gasteiger partial charge in [-0.3, -0.25) is 0 Å². The number of carboxylic acids is 1. The summed E-state index contributed by atoms with van der Waals surface area (Å²) in [7, 11) is 0. The lowest BCUT2D eigenvalue weighted by molar-refractivity contribution is -0.271. The van der Waals surface area contributed by atoms with Crippen LogP contribution in [-0.4, -0.2) is 21.3 Å². The Bertz CT molecular complexity index is 411. The minimum atomic E-state index is -1.28. The van der Waals surface area contributed by atoms with E-state index in [2.05, 4.69) is 0 Å². The van der Waals surface area contributed by atoms with E-state index >= 15 is 0 Å². The smallest absolute Gasteiger partial charge is 0.336 e.